The van der Waals surface area contributed by atoms with Gasteiger partial charge in [0.2, 0.25) is 0 Å². The minimum absolute atomic E-state index is 0.0178. The van der Waals surface area contributed by atoms with E-state index in [1.54, 1.807) is 0 Å². The highest BCUT2D eigenvalue weighted by atomic mass is 16.5. The second-order valence-electron chi connectivity index (χ2n) is 6.70. The summed E-state index contributed by atoms with van der Waals surface area (Å²) in [5.74, 6) is 4.56. The van der Waals surface area contributed by atoms with Crippen LogP contribution in [0.3, 0.4) is 0 Å². The van der Waals surface area contributed by atoms with Crippen LogP contribution in [-0.2, 0) is 9.53 Å². The molecule has 0 unspecified atom stereocenters. The van der Waals surface area contributed by atoms with Crippen molar-refractivity contribution in [1.29, 1.82) is 0 Å². The number of hydrogen-bond donors (Lipinski definition) is 0. The Morgan fingerprint density at radius 3 is 2.71 bits per heavy atom. The van der Waals surface area contributed by atoms with E-state index < -0.39 is 0 Å². The summed E-state index contributed by atoms with van der Waals surface area (Å²) in [5.41, 5.74) is 0. The second kappa shape index (κ2) is 4.29. The SMILES string of the molecule is CC(C)C(=O)OC[C@@H]1C[C@H]2C[C@H]1[C@H]1CCC[C@H]21. The van der Waals surface area contributed by atoms with Crippen LogP contribution < -0.4 is 0 Å². The summed E-state index contributed by atoms with van der Waals surface area (Å²) in [6.07, 6.45) is 7.13. The largest absolute Gasteiger partial charge is 0.465 e. The van der Waals surface area contributed by atoms with E-state index in [0.29, 0.717) is 12.5 Å². The number of carbonyl (C=O) groups excluding carboxylic acids is 1. The van der Waals surface area contributed by atoms with Crippen molar-refractivity contribution < 1.29 is 9.53 Å². The number of carbonyl (C=O) groups is 1. The van der Waals surface area contributed by atoms with Crippen LogP contribution in [0.4, 0.5) is 0 Å². The molecular weight excluding hydrogens is 212 g/mol. The third kappa shape index (κ3) is 1.90. The molecule has 2 heteroatoms. The van der Waals surface area contributed by atoms with Gasteiger partial charge in [-0.1, -0.05) is 20.3 Å². The lowest BCUT2D eigenvalue weighted by Crippen LogP contribution is -2.28. The van der Waals surface area contributed by atoms with Crippen molar-refractivity contribution in [3.8, 4) is 0 Å². The first-order valence-electron chi connectivity index (χ1n) is 7.33. The van der Waals surface area contributed by atoms with Crippen LogP contribution in [-0.4, -0.2) is 12.6 Å². The number of fused-ring (bicyclic) bond motifs is 5. The second-order valence-corrected chi connectivity index (χ2v) is 6.70. The Morgan fingerprint density at radius 2 is 1.94 bits per heavy atom. The molecule has 0 aliphatic heterocycles. The first-order chi connectivity index (χ1) is 8.16. The zero-order valence-corrected chi connectivity index (χ0v) is 11.0. The molecule has 17 heavy (non-hydrogen) atoms. The minimum atomic E-state index is -0.0178. The van der Waals surface area contributed by atoms with Gasteiger partial charge in [0, 0.05) is 0 Å². The molecule has 3 aliphatic carbocycles. The highest BCUT2D eigenvalue weighted by Gasteiger charge is 2.53. The van der Waals surface area contributed by atoms with Crippen molar-refractivity contribution in [2.75, 3.05) is 6.61 Å². The molecule has 0 aromatic carbocycles. The molecule has 96 valence electrons. The summed E-state index contributed by atoms with van der Waals surface area (Å²) >= 11 is 0. The summed E-state index contributed by atoms with van der Waals surface area (Å²) < 4.78 is 5.45. The fourth-order valence-electron chi connectivity index (χ4n) is 4.76. The predicted octanol–water partition coefficient (Wildman–Crippen LogP) is 3.26. The Balaban J connectivity index is 1.55. The molecule has 3 rings (SSSR count). The van der Waals surface area contributed by atoms with E-state index in [1.807, 2.05) is 13.8 Å². The van der Waals surface area contributed by atoms with E-state index in [2.05, 4.69) is 0 Å². The Hall–Kier alpha value is -0.530. The lowest BCUT2D eigenvalue weighted by atomic mass is 9.76. The van der Waals surface area contributed by atoms with Crippen LogP contribution in [0.15, 0.2) is 0 Å². The van der Waals surface area contributed by atoms with E-state index in [0.717, 1.165) is 23.7 Å². The molecule has 2 bridgehead atoms. The van der Waals surface area contributed by atoms with Crippen LogP contribution >= 0.6 is 0 Å². The van der Waals surface area contributed by atoms with Gasteiger partial charge in [0.25, 0.3) is 0 Å². The van der Waals surface area contributed by atoms with E-state index in [1.165, 1.54) is 32.1 Å². The molecule has 0 radical (unpaired) electrons. The van der Waals surface area contributed by atoms with E-state index in [9.17, 15) is 4.79 Å². The summed E-state index contributed by atoms with van der Waals surface area (Å²) in [6, 6.07) is 0. The summed E-state index contributed by atoms with van der Waals surface area (Å²) in [5, 5.41) is 0. The van der Waals surface area contributed by atoms with Gasteiger partial charge in [-0.3, -0.25) is 4.79 Å². The van der Waals surface area contributed by atoms with Gasteiger partial charge in [-0.25, -0.2) is 0 Å². The lowest BCUT2D eigenvalue weighted by Gasteiger charge is -2.31. The van der Waals surface area contributed by atoms with E-state index in [-0.39, 0.29) is 11.9 Å². The monoisotopic (exact) mass is 236 g/mol. The topological polar surface area (TPSA) is 26.3 Å². The van der Waals surface area contributed by atoms with Crippen molar-refractivity contribution in [3.05, 3.63) is 0 Å². The summed E-state index contributed by atoms with van der Waals surface area (Å²) in [7, 11) is 0. The normalized spacial score (nSPS) is 43.1. The molecule has 0 amide bonds. The molecule has 2 nitrogen and oxygen atoms in total. The zero-order chi connectivity index (χ0) is 12.0. The van der Waals surface area contributed by atoms with Gasteiger partial charge in [-0.15, -0.1) is 0 Å². The Bertz CT molecular complexity index is 310. The van der Waals surface area contributed by atoms with Gasteiger partial charge in [0.05, 0.1) is 12.5 Å². The van der Waals surface area contributed by atoms with Crippen LogP contribution in [0.5, 0.6) is 0 Å². The maximum atomic E-state index is 11.5. The number of rotatable bonds is 3. The fourth-order valence-corrected chi connectivity index (χ4v) is 4.76. The quantitative estimate of drug-likeness (QED) is 0.703. The Kier molecular flexibility index (Phi) is 2.92. The van der Waals surface area contributed by atoms with Gasteiger partial charge >= 0.3 is 5.97 Å². The fraction of sp³-hybridized carbons (Fsp3) is 0.933. The van der Waals surface area contributed by atoms with Crippen LogP contribution in [0, 0.1) is 35.5 Å². The molecule has 5 atom stereocenters. The molecule has 3 saturated carbocycles. The molecule has 3 aliphatic rings. The van der Waals surface area contributed by atoms with E-state index in [4.69, 9.17) is 4.74 Å². The lowest BCUT2D eigenvalue weighted by molar-refractivity contribution is -0.149. The van der Waals surface area contributed by atoms with Crippen LogP contribution in [0.1, 0.15) is 46.0 Å². The van der Waals surface area contributed by atoms with Crippen molar-refractivity contribution in [3.63, 3.8) is 0 Å². The van der Waals surface area contributed by atoms with Gasteiger partial charge in [0.15, 0.2) is 0 Å². The smallest absolute Gasteiger partial charge is 0.308 e. The predicted molar refractivity (Wildman–Crippen MR) is 66.3 cm³/mol. The van der Waals surface area contributed by atoms with Gasteiger partial charge in [-0.05, 0) is 55.3 Å². The average Bonchev–Trinajstić information content (AvgIpc) is 2.96. The third-order valence-corrected chi connectivity index (χ3v) is 5.48. The number of ether oxygens (including phenoxy) is 1. The van der Waals surface area contributed by atoms with Crippen LogP contribution in [0.2, 0.25) is 0 Å². The van der Waals surface area contributed by atoms with Crippen molar-refractivity contribution in [2.24, 2.45) is 35.5 Å². The third-order valence-electron chi connectivity index (χ3n) is 5.48. The number of esters is 1. The highest BCUT2D eigenvalue weighted by molar-refractivity contribution is 5.71. The van der Waals surface area contributed by atoms with Crippen molar-refractivity contribution in [2.45, 2.75) is 46.0 Å². The minimum Gasteiger partial charge on any atom is -0.465 e. The maximum Gasteiger partial charge on any atom is 0.308 e. The Labute approximate surface area is 104 Å². The van der Waals surface area contributed by atoms with Crippen molar-refractivity contribution in [1.82, 2.24) is 0 Å². The van der Waals surface area contributed by atoms with Gasteiger partial charge in [0.1, 0.15) is 0 Å². The summed E-state index contributed by atoms with van der Waals surface area (Å²) in [6.45, 7) is 4.52. The average molecular weight is 236 g/mol. The van der Waals surface area contributed by atoms with Crippen LogP contribution in [0.25, 0.3) is 0 Å². The van der Waals surface area contributed by atoms with E-state index >= 15 is 0 Å². The maximum absolute atomic E-state index is 11.5. The standard InChI is InChI=1S/C15H24O2/c1-9(2)15(16)17-8-11-6-10-7-14(11)13-5-3-4-12(10)13/h9-14H,3-8H2,1-2H3/t10-,11-,12+,13-,14+/m0/s1. The zero-order valence-electron chi connectivity index (χ0n) is 11.0. The molecule has 0 saturated heterocycles. The molecule has 0 spiro atoms. The van der Waals surface area contributed by atoms with Gasteiger partial charge in [-0.2, -0.15) is 0 Å². The summed E-state index contributed by atoms with van der Waals surface area (Å²) in [4.78, 5) is 11.5. The Morgan fingerprint density at radius 1 is 1.18 bits per heavy atom. The molecule has 0 heterocycles. The molecule has 0 aromatic rings. The number of hydrogen-bond acceptors (Lipinski definition) is 2. The highest BCUT2D eigenvalue weighted by Crippen LogP contribution is 2.60. The first-order valence-corrected chi connectivity index (χ1v) is 7.33. The molecule has 3 fully saturated rings. The molecule has 0 N–H and O–H groups in total. The van der Waals surface area contributed by atoms with Crippen molar-refractivity contribution >= 4 is 5.97 Å². The molecular formula is C15H24O2. The first kappa shape index (κ1) is 11.6. The molecule has 0 aromatic heterocycles. The van der Waals surface area contributed by atoms with Gasteiger partial charge < -0.3 is 4.74 Å².